The van der Waals surface area contributed by atoms with Crippen LogP contribution in [0.15, 0.2) is 51.6 Å². The Morgan fingerprint density at radius 2 is 2.20 bits per heavy atom. The van der Waals surface area contributed by atoms with Gasteiger partial charge in [0.2, 0.25) is 17.6 Å². The van der Waals surface area contributed by atoms with Crippen LogP contribution in [0.1, 0.15) is 17.4 Å². The number of likely N-dealkylation sites (tertiary alicyclic amines) is 1. The van der Waals surface area contributed by atoms with Crippen LogP contribution in [0.3, 0.4) is 0 Å². The summed E-state index contributed by atoms with van der Waals surface area (Å²) in [6.45, 7) is 1.17. The van der Waals surface area contributed by atoms with E-state index >= 15 is 0 Å². The molecule has 0 N–H and O–H groups in total. The number of methoxy groups -OCH3 is 1. The molecule has 25 heavy (non-hydrogen) atoms. The highest BCUT2D eigenvalue weighted by Crippen LogP contribution is 2.28. The summed E-state index contributed by atoms with van der Waals surface area (Å²) in [6.07, 6.45) is 1.92. The number of amides is 1. The van der Waals surface area contributed by atoms with Crippen molar-refractivity contribution in [3.8, 4) is 17.3 Å². The van der Waals surface area contributed by atoms with Crippen LogP contribution in [0.5, 0.6) is 5.75 Å². The van der Waals surface area contributed by atoms with E-state index in [1.807, 2.05) is 24.3 Å². The number of rotatable bonds is 5. The quantitative estimate of drug-likeness (QED) is 0.710. The van der Waals surface area contributed by atoms with Crippen molar-refractivity contribution in [1.29, 1.82) is 0 Å². The first kappa shape index (κ1) is 15.4. The molecule has 7 heteroatoms. The standard InChI is InChI=1S/C18H17N3O4/c1-23-14-5-2-4-12(8-14)9-16(22)21-10-13(11-21)18-19-17(20-25-18)15-6-3-7-24-15/h2-8,13H,9-11H2,1H3. The first-order chi connectivity index (χ1) is 12.2. The van der Waals surface area contributed by atoms with E-state index in [1.54, 1.807) is 30.4 Å². The van der Waals surface area contributed by atoms with Gasteiger partial charge in [-0.3, -0.25) is 4.79 Å². The average Bonchev–Trinajstić information content (AvgIpc) is 3.25. The third-order valence-corrected chi connectivity index (χ3v) is 4.26. The Morgan fingerprint density at radius 1 is 1.32 bits per heavy atom. The fourth-order valence-corrected chi connectivity index (χ4v) is 2.81. The Labute approximate surface area is 144 Å². The van der Waals surface area contributed by atoms with Gasteiger partial charge in [-0.25, -0.2) is 0 Å². The Kier molecular flexibility index (Phi) is 3.97. The fraction of sp³-hybridized carbons (Fsp3) is 0.278. The van der Waals surface area contributed by atoms with Crippen LogP contribution in [-0.4, -0.2) is 41.1 Å². The predicted octanol–water partition coefficient (Wildman–Crippen LogP) is 2.51. The number of aromatic nitrogens is 2. The number of hydrogen-bond acceptors (Lipinski definition) is 6. The summed E-state index contributed by atoms with van der Waals surface area (Å²) in [5.74, 6) is 2.45. The van der Waals surface area contributed by atoms with Crippen molar-refractivity contribution in [3.63, 3.8) is 0 Å². The second-order valence-electron chi connectivity index (χ2n) is 5.96. The molecule has 0 saturated carbocycles. The van der Waals surface area contributed by atoms with Gasteiger partial charge >= 0.3 is 0 Å². The van der Waals surface area contributed by atoms with E-state index in [9.17, 15) is 4.79 Å². The van der Waals surface area contributed by atoms with E-state index in [-0.39, 0.29) is 11.8 Å². The molecular formula is C18H17N3O4. The molecular weight excluding hydrogens is 322 g/mol. The molecule has 1 aliphatic heterocycles. The van der Waals surface area contributed by atoms with Gasteiger partial charge in [-0.2, -0.15) is 4.98 Å². The molecule has 1 aliphatic rings. The van der Waals surface area contributed by atoms with Crippen LogP contribution < -0.4 is 4.74 Å². The Bertz CT molecular complexity index is 866. The predicted molar refractivity (Wildman–Crippen MR) is 88.0 cm³/mol. The number of nitrogens with zero attached hydrogens (tertiary/aromatic N) is 3. The summed E-state index contributed by atoms with van der Waals surface area (Å²) in [4.78, 5) is 18.5. The summed E-state index contributed by atoms with van der Waals surface area (Å²) in [7, 11) is 1.61. The monoisotopic (exact) mass is 339 g/mol. The third-order valence-electron chi connectivity index (χ3n) is 4.26. The summed E-state index contributed by atoms with van der Waals surface area (Å²) in [5, 5.41) is 3.92. The molecule has 0 unspecified atom stereocenters. The van der Waals surface area contributed by atoms with E-state index in [2.05, 4.69) is 10.1 Å². The molecule has 3 heterocycles. The number of benzene rings is 1. The van der Waals surface area contributed by atoms with E-state index in [4.69, 9.17) is 13.7 Å². The Hall–Kier alpha value is -3.09. The van der Waals surface area contributed by atoms with Gasteiger partial charge in [0, 0.05) is 13.1 Å². The molecule has 1 saturated heterocycles. The number of carbonyl (C=O) groups is 1. The highest BCUT2D eigenvalue weighted by atomic mass is 16.5. The summed E-state index contributed by atoms with van der Waals surface area (Å²) in [5.41, 5.74) is 0.936. The van der Waals surface area contributed by atoms with Crippen LogP contribution in [-0.2, 0) is 11.2 Å². The smallest absolute Gasteiger partial charge is 0.238 e. The Balaban J connectivity index is 1.34. The molecule has 0 bridgehead atoms. The van der Waals surface area contributed by atoms with Gasteiger partial charge in [-0.1, -0.05) is 17.3 Å². The number of ether oxygens (including phenoxy) is 1. The molecule has 7 nitrogen and oxygen atoms in total. The number of furan rings is 1. The van der Waals surface area contributed by atoms with Gasteiger partial charge in [0.1, 0.15) is 5.75 Å². The van der Waals surface area contributed by atoms with Gasteiger partial charge in [-0.05, 0) is 29.8 Å². The Morgan fingerprint density at radius 3 is 2.96 bits per heavy atom. The summed E-state index contributed by atoms with van der Waals surface area (Å²) in [6, 6.07) is 11.1. The molecule has 4 rings (SSSR count). The minimum Gasteiger partial charge on any atom is -0.497 e. The maximum absolute atomic E-state index is 12.4. The lowest BCUT2D eigenvalue weighted by molar-refractivity contribution is -0.135. The van der Waals surface area contributed by atoms with Crippen LogP contribution in [0.25, 0.3) is 11.6 Å². The maximum Gasteiger partial charge on any atom is 0.238 e. The zero-order valence-electron chi connectivity index (χ0n) is 13.7. The minimum absolute atomic E-state index is 0.0745. The van der Waals surface area contributed by atoms with E-state index in [0.29, 0.717) is 37.0 Å². The molecule has 1 aromatic carbocycles. The van der Waals surface area contributed by atoms with E-state index < -0.39 is 0 Å². The molecule has 0 atom stereocenters. The highest BCUT2D eigenvalue weighted by Gasteiger charge is 2.35. The molecule has 0 aliphatic carbocycles. The van der Waals surface area contributed by atoms with Crippen LogP contribution in [0, 0.1) is 0 Å². The van der Waals surface area contributed by atoms with E-state index in [1.165, 1.54) is 0 Å². The lowest BCUT2D eigenvalue weighted by Crippen LogP contribution is -2.49. The van der Waals surface area contributed by atoms with Gasteiger partial charge in [0.15, 0.2) is 5.76 Å². The zero-order chi connectivity index (χ0) is 17.2. The molecule has 0 spiro atoms. The van der Waals surface area contributed by atoms with Gasteiger partial charge in [0.05, 0.1) is 25.7 Å². The third kappa shape index (κ3) is 3.13. The topological polar surface area (TPSA) is 81.6 Å². The van der Waals surface area contributed by atoms with Crippen LogP contribution >= 0.6 is 0 Å². The molecule has 1 fully saturated rings. The second kappa shape index (κ2) is 6.43. The van der Waals surface area contributed by atoms with Crippen molar-refractivity contribution in [2.45, 2.75) is 12.3 Å². The van der Waals surface area contributed by atoms with Gasteiger partial charge < -0.3 is 18.6 Å². The summed E-state index contributed by atoms with van der Waals surface area (Å²) < 4.78 is 15.7. The van der Waals surface area contributed by atoms with Crippen molar-refractivity contribution < 1.29 is 18.5 Å². The molecule has 1 amide bonds. The van der Waals surface area contributed by atoms with Crippen molar-refractivity contribution in [2.24, 2.45) is 0 Å². The summed E-state index contributed by atoms with van der Waals surface area (Å²) >= 11 is 0. The molecule has 0 radical (unpaired) electrons. The maximum atomic E-state index is 12.4. The average molecular weight is 339 g/mol. The SMILES string of the molecule is COc1cccc(CC(=O)N2CC(c3nc(-c4ccco4)no3)C2)c1. The number of hydrogen-bond donors (Lipinski definition) is 0. The minimum atomic E-state index is 0.0745. The molecule has 2 aromatic heterocycles. The normalized spacial score (nSPS) is 14.4. The first-order valence-corrected chi connectivity index (χ1v) is 8.01. The highest BCUT2D eigenvalue weighted by molar-refractivity contribution is 5.79. The van der Waals surface area contributed by atoms with Crippen molar-refractivity contribution in [2.75, 3.05) is 20.2 Å². The number of carbonyl (C=O) groups excluding carboxylic acids is 1. The molecule has 128 valence electrons. The van der Waals surface area contributed by atoms with Crippen LogP contribution in [0.2, 0.25) is 0 Å². The largest absolute Gasteiger partial charge is 0.497 e. The fourth-order valence-electron chi connectivity index (χ4n) is 2.81. The zero-order valence-corrected chi connectivity index (χ0v) is 13.7. The van der Waals surface area contributed by atoms with Gasteiger partial charge in [0.25, 0.3) is 0 Å². The molecule has 3 aromatic rings. The van der Waals surface area contributed by atoms with Crippen molar-refractivity contribution in [3.05, 3.63) is 54.1 Å². The lowest BCUT2D eigenvalue weighted by Gasteiger charge is -2.37. The van der Waals surface area contributed by atoms with E-state index in [0.717, 1.165) is 11.3 Å². The van der Waals surface area contributed by atoms with Crippen molar-refractivity contribution >= 4 is 5.91 Å². The second-order valence-corrected chi connectivity index (χ2v) is 5.96. The van der Waals surface area contributed by atoms with Gasteiger partial charge in [-0.15, -0.1) is 0 Å². The lowest BCUT2D eigenvalue weighted by atomic mass is 9.99. The first-order valence-electron chi connectivity index (χ1n) is 8.01. The van der Waals surface area contributed by atoms with Crippen molar-refractivity contribution in [1.82, 2.24) is 15.0 Å². The van der Waals surface area contributed by atoms with Crippen LogP contribution in [0.4, 0.5) is 0 Å².